The van der Waals surface area contributed by atoms with Crippen molar-refractivity contribution in [3.63, 3.8) is 0 Å². The van der Waals surface area contributed by atoms with Crippen molar-refractivity contribution in [1.29, 1.82) is 0 Å². The molecule has 0 saturated heterocycles. The van der Waals surface area contributed by atoms with Gasteiger partial charge in [0, 0.05) is 6.04 Å². The quantitative estimate of drug-likeness (QED) is 0.852. The van der Waals surface area contributed by atoms with Crippen molar-refractivity contribution in [1.82, 2.24) is 0 Å². The molecule has 0 aliphatic heterocycles. The minimum absolute atomic E-state index is 0.104. The summed E-state index contributed by atoms with van der Waals surface area (Å²) in [5.41, 5.74) is 10.3. The van der Waals surface area contributed by atoms with E-state index in [0.29, 0.717) is 5.92 Å². The molecule has 0 amide bonds. The molecule has 0 aromatic heterocycles. The maximum atomic E-state index is 6.34. The van der Waals surface area contributed by atoms with Crippen molar-refractivity contribution in [2.24, 2.45) is 11.7 Å². The van der Waals surface area contributed by atoms with Crippen molar-refractivity contribution in [2.75, 3.05) is 0 Å². The van der Waals surface area contributed by atoms with E-state index < -0.39 is 0 Å². The maximum Gasteiger partial charge on any atom is 0.0324 e. The zero-order chi connectivity index (χ0) is 13.7. The summed E-state index contributed by atoms with van der Waals surface area (Å²) < 4.78 is 0. The second-order valence-corrected chi connectivity index (χ2v) is 5.29. The molecule has 2 unspecified atom stereocenters. The zero-order valence-corrected chi connectivity index (χ0v) is 11.8. The number of hydrogen-bond acceptors (Lipinski definition) is 1. The van der Waals surface area contributed by atoms with Gasteiger partial charge in [-0.25, -0.2) is 0 Å². The van der Waals surface area contributed by atoms with E-state index in [1.807, 2.05) is 6.07 Å². The van der Waals surface area contributed by atoms with E-state index in [-0.39, 0.29) is 6.04 Å². The Morgan fingerprint density at radius 3 is 2.05 bits per heavy atom. The zero-order valence-electron chi connectivity index (χ0n) is 11.8. The van der Waals surface area contributed by atoms with Gasteiger partial charge in [-0.15, -0.1) is 0 Å². The van der Waals surface area contributed by atoms with Crippen LogP contribution in [0.3, 0.4) is 0 Å². The topological polar surface area (TPSA) is 26.0 Å². The number of rotatable bonds is 5. The van der Waals surface area contributed by atoms with Gasteiger partial charge in [-0.2, -0.15) is 0 Å². The third-order valence-electron chi connectivity index (χ3n) is 3.79. The fraction of sp³-hybridized carbons (Fsp3) is 0.333. The Morgan fingerprint density at radius 2 is 1.47 bits per heavy atom. The largest absolute Gasteiger partial charge is 0.324 e. The first-order valence-corrected chi connectivity index (χ1v) is 7.09. The average Bonchev–Trinajstić information content (AvgIpc) is 2.48. The van der Waals surface area contributed by atoms with Gasteiger partial charge in [0.05, 0.1) is 0 Å². The van der Waals surface area contributed by atoms with Crippen LogP contribution < -0.4 is 5.73 Å². The summed E-state index contributed by atoms with van der Waals surface area (Å²) in [5.74, 6) is 0.440. The van der Waals surface area contributed by atoms with Gasteiger partial charge >= 0.3 is 0 Å². The molecule has 2 atom stereocenters. The minimum atomic E-state index is 0.104. The minimum Gasteiger partial charge on any atom is -0.324 e. The standard InChI is InChI=1S/C18H23N/c1-3-15-9-11-16(12-10-15)13-14(2)18(19)17-7-5-4-6-8-17/h4-12,14,18H,3,13,19H2,1-2H3. The lowest BCUT2D eigenvalue weighted by Crippen LogP contribution is -2.20. The predicted molar refractivity (Wildman–Crippen MR) is 82.1 cm³/mol. The molecule has 100 valence electrons. The Balaban J connectivity index is 2.01. The van der Waals surface area contributed by atoms with Crippen molar-refractivity contribution in [3.8, 4) is 0 Å². The molecule has 2 N–H and O–H groups in total. The lowest BCUT2D eigenvalue weighted by molar-refractivity contribution is 0.468. The van der Waals surface area contributed by atoms with Crippen molar-refractivity contribution in [2.45, 2.75) is 32.7 Å². The first-order valence-electron chi connectivity index (χ1n) is 7.09. The number of aryl methyl sites for hydroxylation is 1. The normalized spacial score (nSPS) is 14.1. The predicted octanol–water partition coefficient (Wildman–Crippen LogP) is 4.13. The van der Waals surface area contributed by atoms with Crippen LogP contribution in [0.25, 0.3) is 0 Å². The highest BCUT2D eigenvalue weighted by Gasteiger charge is 2.14. The van der Waals surface area contributed by atoms with Gasteiger partial charge in [0.25, 0.3) is 0 Å². The second kappa shape index (κ2) is 6.53. The van der Waals surface area contributed by atoms with E-state index in [4.69, 9.17) is 5.73 Å². The number of hydrogen-bond donors (Lipinski definition) is 1. The molecule has 2 rings (SSSR count). The molecule has 0 radical (unpaired) electrons. The molecule has 0 spiro atoms. The Hall–Kier alpha value is -1.60. The van der Waals surface area contributed by atoms with Gasteiger partial charge in [-0.1, -0.05) is 68.4 Å². The van der Waals surface area contributed by atoms with Crippen LogP contribution >= 0.6 is 0 Å². The van der Waals surface area contributed by atoms with Crippen LogP contribution in [0.1, 0.15) is 36.6 Å². The van der Waals surface area contributed by atoms with Crippen molar-refractivity contribution < 1.29 is 0 Å². The molecule has 0 saturated carbocycles. The van der Waals surface area contributed by atoms with Gasteiger partial charge in [-0.3, -0.25) is 0 Å². The molecule has 1 nitrogen and oxygen atoms in total. The molecule has 0 fully saturated rings. The van der Waals surface area contributed by atoms with Crippen LogP contribution in [-0.2, 0) is 12.8 Å². The Morgan fingerprint density at radius 1 is 0.895 bits per heavy atom. The highest BCUT2D eigenvalue weighted by molar-refractivity contribution is 5.24. The van der Waals surface area contributed by atoms with E-state index in [0.717, 1.165) is 12.8 Å². The smallest absolute Gasteiger partial charge is 0.0324 e. The number of nitrogens with two attached hydrogens (primary N) is 1. The third-order valence-corrected chi connectivity index (χ3v) is 3.79. The lowest BCUT2D eigenvalue weighted by Gasteiger charge is -2.20. The SMILES string of the molecule is CCc1ccc(CC(C)C(N)c2ccccc2)cc1. The summed E-state index contributed by atoms with van der Waals surface area (Å²) in [6, 6.07) is 19.4. The van der Waals surface area contributed by atoms with Gasteiger partial charge in [0.15, 0.2) is 0 Å². The van der Waals surface area contributed by atoms with Gasteiger partial charge < -0.3 is 5.73 Å². The molecular weight excluding hydrogens is 230 g/mol. The third kappa shape index (κ3) is 3.68. The van der Waals surface area contributed by atoms with E-state index in [1.54, 1.807) is 0 Å². The first kappa shape index (κ1) is 13.8. The van der Waals surface area contributed by atoms with Crippen LogP contribution in [0.2, 0.25) is 0 Å². The second-order valence-electron chi connectivity index (χ2n) is 5.29. The van der Waals surface area contributed by atoms with Gasteiger partial charge in [0.1, 0.15) is 0 Å². The van der Waals surface area contributed by atoms with Crippen LogP contribution in [0.4, 0.5) is 0 Å². The molecule has 0 aliphatic rings. The van der Waals surface area contributed by atoms with Crippen molar-refractivity contribution >= 4 is 0 Å². The summed E-state index contributed by atoms with van der Waals surface area (Å²) in [6.45, 7) is 4.41. The fourth-order valence-corrected chi connectivity index (χ4v) is 2.41. The molecular formula is C18H23N. The van der Waals surface area contributed by atoms with E-state index in [9.17, 15) is 0 Å². The summed E-state index contributed by atoms with van der Waals surface area (Å²) in [6.07, 6.45) is 2.12. The van der Waals surface area contributed by atoms with E-state index >= 15 is 0 Å². The molecule has 1 heteroatoms. The van der Waals surface area contributed by atoms with E-state index in [2.05, 4.69) is 62.4 Å². The monoisotopic (exact) mass is 253 g/mol. The summed E-state index contributed by atoms with van der Waals surface area (Å²) in [5, 5.41) is 0. The summed E-state index contributed by atoms with van der Waals surface area (Å²) in [7, 11) is 0. The molecule has 2 aromatic carbocycles. The summed E-state index contributed by atoms with van der Waals surface area (Å²) >= 11 is 0. The highest BCUT2D eigenvalue weighted by atomic mass is 14.6. The molecule has 0 bridgehead atoms. The first-order chi connectivity index (χ1) is 9.20. The maximum absolute atomic E-state index is 6.34. The fourth-order valence-electron chi connectivity index (χ4n) is 2.41. The Bertz CT molecular complexity index is 487. The summed E-state index contributed by atoms with van der Waals surface area (Å²) in [4.78, 5) is 0. The van der Waals surface area contributed by atoms with E-state index in [1.165, 1.54) is 16.7 Å². The lowest BCUT2D eigenvalue weighted by atomic mass is 9.89. The van der Waals surface area contributed by atoms with Crippen molar-refractivity contribution in [3.05, 3.63) is 71.3 Å². The van der Waals surface area contributed by atoms with Crippen LogP contribution in [0.15, 0.2) is 54.6 Å². The van der Waals surface area contributed by atoms with Crippen LogP contribution in [0.5, 0.6) is 0 Å². The molecule has 0 aliphatic carbocycles. The Kier molecular flexibility index (Phi) is 4.75. The molecule has 19 heavy (non-hydrogen) atoms. The average molecular weight is 253 g/mol. The molecule has 0 heterocycles. The van der Waals surface area contributed by atoms with Gasteiger partial charge in [-0.05, 0) is 35.4 Å². The van der Waals surface area contributed by atoms with Crippen LogP contribution in [-0.4, -0.2) is 0 Å². The number of benzene rings is 2. The van der Waals surface area contributed by atoms with Gasteiger partial charge in [0.2, 0.25) is 0 Å². The highest BCUT2D eigenvalue weighted by Crippen LogP contribution is 2.22. The molecule has 2 aromatic rings. The Labute approximate surface area is 116 Å². The van der Waals surface area contributed by atoms with Crippen LogP contribution in [0, 0.1) is 5.92 Å².